The summed E-state index contributed by atoms with van der Waals surface area (Å²) in [5.41, 5.74) is 0.672. The van der Waals surface area contributed by atoms with Crippen LogP contribution in [0.15, 0.2) is 36.8 Å². The second-order valence-corrected chi connectivity index (χ2v) is 7.41. The molecule has 6 nitrogen and oxygen atoms in total. The second kappa shape index (κ2) is 8.83. The topological polar surface area (TPSA) is 63.1 Å². The number of carbonyl (C=O) groups excluding carboxylic acids is 1. The number of nitrogens with zero attached hydrogens (tertiary/aromatic N) is 4. The van der Waals surface area contributed by atoms with Crippen LogP contribution in [-0.2, 0) is 6.54 Å². The van der Waals surface area contributed by atoms with Crippen LogP contribution < -0.4 is 5.32 Å². The highest BCUT2D eigenvalue weighted by atomic mass is 16.2. The van der Waals surface area contributed by atoms with Gasteiger partial charge in [-0.3, -0.25) is 9.48 Å². The van der Waals surface area contributed by atoms with Crippen molar-refractivity contribution in [1.82, 2.24) is 19.7 Å². The number of anilines is 1. The van der Waals surface area contributed by atoms with E-state index in [0.717, 1.165) is 44.7 Å². The van der Waals surface area contributed by atoms with Crippen LogP contribution in [0.1, 0.15) is 49.9 Å². The molecule has 0 aliphatic carbocycles. The van der Waals surface area contributed by atoms with Crippen molar-refractivity contribution in [2.24, 2.45) is 5.92 Å². The van der Waals surface area contributed by atoms with Gasteiger partial charge in [0.1, 0.15) is 5.82 Å². The van der Waals surface area contributed by atoms with E-state index in [2.05, 4.69) is 29.2 Å². The highest BCUT2D eigenvalue weighted by Crippen LogP contribution is 2.22. The van der Waals surface area contributed by atoms with Gasteiger partial charge in [0.05, 0.1) is 5.56 Å². The maximum Gasteiger partial charge on any atom is 0.255 e. The summed E-state index contributed by atoms with van der Waals surface area (Å²) >= 11 is 0. The summed E-state index contributed by atoms with van der Waals surface area (Å²) in [5.74, 6) is 1.48. The molecule has 3 rings (SSSR count). The fraction of sp³-hybridized carbons (Fsp3) is 0.550. The maximum atomic E-state index is 13.0. The van der Waals surface area contributed by atoms with Crippen molar-refractivity contribution in [3.8, 4) is 0 Å². The van der Waals surface area contributed by atoms with Crippen molar-refractivity contribution >= 4 is 11.7 Å². The number of hydrogen-bond donors (Lipinski definition) is 1. The molecule has 1 aliphatic heterocycles. The van der Waals surface area contributed by atoms with Crippen molar-refractivity contribution in [3.63, 3.8) is 0 Å². The summed E-state index contributed by atoms with van der Waals surface area (Å²) in [7, 11) is 0. The molecular weight excluding hydrogens is 326 g/mol. The van der Waals surface area contributed by atoms with Crippen molar-refractivity contribution in [2.45, 2.75) is 52.1 Å². The first-order valence-electron chi connectivity index (χ1n) is 9.62. The molecule has 2 aromatic rings. The summed E-state index contributed by atoms with van der Waals surface area (Å²) in [5, 5.41) is 7.55. The van der Waals surface area contributed by atoms with Crippen molar-refractivity contribution < 1.29 is 4.79 Å². The molecule has 1 saturated heterocycles. The van der Waals surface area contributed by atoms with Gasteiger partial charge in [0.2, 0.25) is 0 Å². The summed E-state index contributed by atoms with van der Waals surface area (Å²) in [6.45, 7) is 6.87. The number of aromatic nitrogens is 3. The molecule has 2 aromatic heterocycles. The van der Waals surface area contributed by atoms with Gasteiger partial charge < -0.3 is 10.2 Å². The third kappa shape index (κ3) is 4.84. The lowest BCUT2D eigenvalue weighted by Gasteiger charge is -2.36. The van der Waals surface area contributed by atoms with Crippen LogP contribution in [-0.4, -0.2) is 44.7 Å². The monoisotopic (exact) mass is 355 g/mol. The van der Waals surface area contributed by atoms with Crippen LogP contribution in [0.25, 0.3) is 0 Å². The minimum absolute atomic E-state index is 0.0954. The summed E-state index contributed by atoms with van der Waals surface area (Å²) in [4.78, 5) is 19.4. The SMILES string of the molecule is CC(C)CNc1ccc(C(=O)N2CCCC[C@H]2CCn2cccn2)cn1. The normalized spacial score (nSPS) is 17.5. The quantitative estimate of drug-likeness (QED) is 0.826. The Labute approximate surface area is 155 Å². The molecular formula is C20H29N5O. The van der Waals surface area contributed by atoms with Crippen LogP contribution in [0.2, 0.25) is 0 Å². The number of piperidine rings is 1. The molecule has 1 N–H and O–H groups in total. The Morgan fingerprint density at radius 3 is 2.92 bits per heavy atom. The molecule has 0 unspecified atom stereocenters. The molecule has 140 valence electrons. The molecule has 1 atom stereocenters. The number of amides is 1. The minimum atomic E-state index is 0.0954. The zero-order chi connectivity index (χ0) is 18.4. The van der Waals surface area contributed by atoms with E-state index in [4.69, 9.17) is 0 Å². The van der Waals surface area contributed by atoms with Crippen LogP contribution in [0.5, 0.6) is 0 Å². The van der Waals surface area contributed by atoms with Gasteiger partial charge in [-0.05, 0) is 49.8 Å². The number of nitrogens with one attached hydrogen (secondary N) is 1. The van der Waals surface area contributed by atoms with Crippen molar-refractivity contribution in [3.05, 3.63) is 42.4 Å². The van der Waals surface area contributed by atoms with Crippen LogP contribution >= 0.6 is 0 Å². The zero-order valence-electron chi connectivity index (χ0n) is 15.8. The van der Waals surface area contributed by atoms with E-state index in [0.29, 0.717) is 11.5 Å². The predicted molar refractivity (Wildman–Crippen MR) is 103 cm³/mol. The predicted octanol–water partition coefficient (Wildman–Crippen LogP) is 3.43. The highest BCUT2D eigenvalue weighted by molar-refractivity contribution is 5.94. The molecule has 0 aromatic carbocycles. The summed E-state index contributed by atoms with van der Waals surface area (Å²) in [6.07, 6.45) is 9.73. The molecule has 1 aliphatic rings. The third-order valence-electron chi connectivity index (χ3n) is 4.84. The van der Waals surface area contributed by atoms with E-state index in [1.54, 1.807) is 12.4 Å². The van der Waals surface area contributed by atoms with Gasteiger partial charge in [-0.15, -0.1) is 0 Å². The smallest absolute Gasteiger partial charge is 0.255 e. The van der Waals surface area contributed by atoms with E-state index in [1.165, 1.54) is 6.42 Å². The maximum absolute atomic E-state index is 13.0. The Bertz CT molecular complexity index is 681. The van der Waals surface area contributed by atoms with E-state index in [-0.39, 0.29) is 11.9 Å². The average molecular weight is 355 g/mol. The van der Waals surface area contributed by atoms with Gasteiger partial charge in [-0.25, -0.2) is 4.98 Å². The van der Waals surface area contributed by atoms with Crippen molar-refractivity contribution in [2.75, 3.05) is 18.4 Å². The van der Waals surface area contributed by atoms with E-state index < -0.39 is 0 Å². The second-order valence-electron chi connectivity index (χ2n) is 7.41. The Morgan fingerprint density at radius 2 is 2.23 bits per heavy atom. The first-order chi connectivity index (χ1) is 12.6. The number of pyridine rings is 1. The average Bonchev–Trinajstić information content (AvgIpc) is 3.18. The summed E-state index contributed by atoms with van der Waals surface area (Å²) in [6, 6.07) is 6.00. The molecule has 0 bridgehead atoms. The Morgan fingerprint density at radius 1 is 1.35 bits per heavy atom. The van der Waals surface area contributed by atoms with Crippen LogP contribution in [0.3, 0.4) is 0 Å². The van der Waals surface area contributed by atoms with E-state index in [9.17, 15) is 4.79 Å². The zero-order valence-corrected chi connectivity index (χ0v) is 15.8. The fourth-order valence-electron chi connectivity index (χ4n) is 3.38. The van der Waals surface area contributed by atoms with Gasteiger partial charge in [-0.1, -0.05) is 13.8 Å². The molecule has 26 heavy (non-hydrogen) atoms. The Kier molecular flexibility index (Phi) is 6.26. The molecule has 1 amide bonds. The number of aryl methyl sites for hydroxylation is 1. The molecule has 6 heteroatoms. The molecule has 0 spiro atoms. The number of rotatable bonds is 7. The van der Waals surface area contributed by atoms with E-state index in [1.807, 2.05) is 34.0 Å². The van der Waals surface area contributed by atoms with Gasteiger partial charge in [0.25, 0.3) is 5.91 Å². The van der Waals surface area contributed by atoms with Gasteiger partial charge >= 0.3 is 0 Å². The van der Waals surface area contributed by atoms with E-state index >= 15 is 0 Å². The van der Waals surface area contributed by atoms with Gasteiger partial charge in [0, 0.05) is 44.3 Å². The Balaban J connectivity index is 1.62. The lowest BCUT2D eigenvalue weighted by atomic mass is 9.98. The largest absolute Gasteiger partial charge is 0.370 e. The Hall–Kier alpha value is -2.37. The first kappa shape index (κ1) is 18.4. The molecule has 3 heterocycles. The number of likely N-dealkylation sites (tertiary alicyclic amines) is 1. The standard InChI is InChI=1S/C20H29N5O/c1-16(2)14-21-19-8-7-17(15-22-19)20(26)25-12-4-3-6-18(25)9-13-24-11-5-10-23-24/h5,7-8,10-11,15-16,18H,3-4,6,9,12-14H2,1-2H3,(H,21,22)/t18-/m0/s1. The van der Waals surface area contributed by atoms with Crippen molar-refractivity contribution in [1.29, 1.82) is 0 Å². The lowest BCUT2D eigenvalue weighted by Crippen LogP contribution is -2.44. The molecule has 0 saturated carbocycles. The number of hydrogen-bond acceptors (Lipinski definition) is 4. The van der Waals surface area contributed by atoms with Crippen LogP contribution in [0, 0.1) is 5.92 Å². The molecule has 0 radical (unpaired) electrons. The first-order valence-corrected chi connectivity index (χ1v) is 9.62. The lowest BCUT2D eigenvalue weighted by molar-refractivity contribution is 0.0593. The summed E-state index contributed by atoms with van der Waals surface area (Å²) < 4.78 is 1.94. The third-order valence-corrected chi connectivity index (χ3v) is 4.84. The minimum Gasteiger partial charge on any atom is -0.370 e. The fourth-order valence-corrected chi connectivity index (χ4v) is 3.38. The van der Waals surface area contributed by atoms with Gasteiger partial charge in [0.15, 0.2) is 0 Å². The molecule has 1 fully saturated rings. The van der Waals surface area contributed by atoms with Gasteiger partial charge in [-0.2, -0.15) is 5.10 Å². The number of carbonyl (C=O) groups is 1. The highest BCUT2D eigenvalue weighted by Gasteiger charge is 2.27. The van der Waals surface area contributed by atoms with Crippen LogP contribution in [0.4, 0.5) is 5.82 Å².